The van der Waals surface area contributed by atoms with Crippen molar-refractivity contribution in [3.05, 3.63) is 24.3 Å². The molecular formula is C6H10N2O4S. The fourth-order valence-corrected chi connectivity index (χ4v) is 1.41. The highest BCUT2D eigenvalue weighted by Gasteiger charge is 2.05. The van der Waals surface area contributed by atoms with Gasteiger partial charge in [0.1, 0.15) is 10.1 Å². The first-order valence-electron chi connectivity index (χ1n) is 3.01. The molecule has 0 unspecified atom stereocenters. The normalized spacial score (nSPS) is 10.3. The first-order chi connectivity index (χ1) is 5.55. The number of benzene rings is 1. The number of hydrogen-bond donors (Lipinski definition) is 3. The molecule has 0 radical (unpaired) electrons. The maximum Gasteiger partial charge on any atom is 0.126 e. The maximum absolute atomic E-state index is 10.5. The first-order valence-corrected chi connectivity index (χ1v) is 4.41. The van der Waals surface area contributed by atoms with Gasteiger partial charge in [-0.25, -0.2) is 8.42 Å². The van der Waals surface area contributed by atoms with Crippen LogP contribution in [0.4, 0.5) is 5.69 Å². The molecule has 0 bridgehead atoms. The Morgan fingerprint density at radius 1 is 1.31 bits per heavy atom. The molecule has 1 aromatic carbocycles. The van der Waals surface area contributed by atoms with Crippen LogP contribution in [-0.2, 0) is 10.1 Å². The van der Waals surface area contributed by atoms with E-state index in [-0.39, 0.29) is 11.8 Å². The number of anilines is 1. The minimum Gasteiger partial charge on any atom is -0.744 e. The summed E-state index contributed by atoms with van der Waals surface area (Å²) in [4.78, 5) is -0.465. The zero-order valence-corrected chi connectivity index (χ0v) is 7.71. The van der Waals surface area contributed by atoms with E-state index in [2.05, 4.69) is 0 Å². The second-order valence-electron chi connectivity index (χ2n) is 2.06. The van der Waals surface area contributed by atoms with Crippen LogP contribution in [0.5, 0.6) is 0 Å². The Morgan fingerprint density at radius 3 is 2.23 bits per heavy atom. The van der Waals surface area contributed by atoms with Gasteiger partial charge in [-0.15, -0.1) is 0 Å². The third-order valence-electron chi connectivity index (χ3n) is 1.28. The molecule has 0 aliphatic heterocycles. The molecule has 7 heteroatoms. The van der Waals surface area contributed by atoms with Gasteiger partial charge in [0.15, 0.2) is 0 Å². The predicted molar refractivity (Wildman–Crippen MR) is 45.8 cm³/mol. The van der Waals surface area contributed by atoms with Gasteiger partial charge in [-0.3, -0.25) is 10.7 Å². The predicted octanol–water partition coefficient (Wildman–Crippen LogP) is 0.768. The molecule has 0 aliphatic carbocycles. The van der Waals surface area contributed by atoms with E-state index in [1.54, 1.807) is 5.48 Å². The van der Waals surface area contributed by atoms with Crippen LogP contribution in [0.1, 0.15) is 0 Å². The molecule has 0 spiro atoms. The van der Waals surface area contributed by atoms with E-state index < -0.39 is 15.0 Å². The Balaban J connectivity index is 0.00000144. The van der Waals surface area contributed by atoms with Crippen LogP contribution in [0.25, 0.3) is 0 Å². The number of rotatable bonds is 2. The molecule has 6 nitrogen and oxygen atoms in total. The quantitative estimate of drug-likeness (QED) is 0.486. The lowest BCUT2D eigenvalue weighted by atomic mass is 10.3. The van der Waals surface area contributed by atoms with Crippen molar-refractivity contribution in [2.24, 2.45) is 0 Å². The molecule has 0 fully saturated rings. The molecule has 0 saturated carbocycles. The number of hydrogen-bond acceptors (Lipinski definition) is 5. The average Bonchev–Trinajstić information content (AvgIpc) is 2.03. The van der Waals surface area contributed by atoms with Crippen LogP contribution >= 0.6 is 0 Å². The molecule has 0 aromatic heterocycles. The van der Waals surface area contributed by atoms with Crippen LogP contribution in [0.15, 0.2) is 29.2 Å². The van der Waals surface area contributed by atoms with Crippen molar-refractivity contribution >= 4 is 15.8 Å². The molecule has 1 aromatic rings. The molecule has 74 valence electrons. The number of para-hydroxylation sites is 1. The van der Waals surface area contributed by atoms with Gasteiger partial charge in [0.05, 0.1) is 10.6 Å². The van der Waals surface area contributed by atoms with Crippen molar-refractivity contribution in [3.8, 4) is 0 Å². The molecule has 0 heterocycles. The van der Waals surface area contributed by atoms with Gasteiger partial charge in [0.2, 0.25) is 0 Å². The van der Waals surface area contributed by atoms with E-state index in [0.717, 1.165) is 6.07 Å². The minimum absolute atomic E-state index is 0. The summed E-state index contributed by atoms with van der Waals surface area (Å²) in [7, 11) is -4.52. The Bertz CT molecular complexity index is 376. The highest BCUT2D eigenvalue weighted by atomic mass is 32.2. The number of quaternary nitrogens is 1. The summed E-state index contributed by atoms with van der Waals surface area (Å²) in [6.45, 7) is 0. The van der Waals surface area contributed by atoms with Crippen LogP contribution < -0.4 is 11.6 Å². The van der Waals surface area contributed by atoms with E-state index in [4.69, 9.17) is 5.21 Å². The average molecular weight is 206 g/mol. The molecule has 13 heavy (non-hydrogen) atoms. The molecule has 0 saturated heterocycles. The van der Waals surface area contributed by atoms with Crippen LogP contribution in [0.3, 0.4) is 0 Å². The van der Waals surface area contributed by atoms with E-state index in [0.29, 0.717) is 0 Å². The van der Waals surface area contributed by atoms with E-state index >= 15 is 0 Å². The van der Waals surface area contributed by atoms with E-state index in [9.17, 15) is 13.0 Å². The van der Waals surface area contributed by atoms with Gasteiger partial charge in [-0.05, 0) is 12.1 Å². The molecule has 0 aliphatic rings. The third-order valence-corrected chi connectivity index (χ3v) is 2.17. The monoisotopic (exact) mass is 206 g/mol. The zero-order valence-electron chi connectivity index (χ0n) is 6.89. The second-order valence-corrected chi connectivity index (χ2v) is 3.41. The van der Waals surface area contributed by atoms with Crippen LogP contribution in [0, 0.1) is 0 Å². The summed E-state index contributed by atoms with van der Waals surface area (Å²) in [5.41, 5.74) is 1.50. The molecule has 6 N–H and O–H groups in total. The first kappa shape index (κ1) is 11.8. The van der Waals surface area contributed by atoms with E-state index in [1.807, 2.05) is 0 Å². The van der Waals surface area contributed by atoms with E-state index in [1.165, 1.54) is 18.2 Å². The summed E-state index contributed by atoms with van der Waals surface area (Å²) in [5.74, 6) is 0. The zero-order chi connectivity index (χ0) is 9.19. The Morgan fingerprint density at radius 2 is 1.85 bits per heavy atom. The molecular weight excluding hydrogens is 196 g/mol. The second kappa shape index (κ2) is 4.19. The summed E-state index contributed by atoms with van der Waals surface area (Å²) >= 11 is 0. The van der Waals surface area contributed by atoms with Gasteiger partial charge in [0.25, 0.3) is 0 Å². The fraction of sp³-hybridized carbons (Fsp3) is 0. The molecule has 0 amide bonds. The summed E-state index contributed by atoms with van der Waals surface area (Å²) in [6, 6.07) is 5.28. The Kier molecular flexibility index (Phi) is 3.82. The summed E-state index contributed by atoms with van der Waals surface area (Å²) in [6.07, 6.45) is 0. The van der Waals surface area contributed by atoms with Gasteiger partial charge >= 0.3 is 0 Å². The Hall–Kier alpha value is -1.15. The van der Waals surface area contributed by atoms with Gasteiger partial charge in [0, 0.05) is 0 Å². The van der Waals surface area contributed by atoms with Gasteiger partial charge in [-0.1, -0.05) is 12.1 Å². The summed E-state index contributed by atoms with van der Waals surface area (Å²) in [5, 5.41) is 8.43. The third kappa shape index (κ3) is 2.67. The van der Waals surface area contributed by atoms with Crippen molar-refractivity contribution in [1.82, 2.24) is 6.15 Å². The largest absolute Gasteiger partial charge is 0.744 e. The minimum atomic E-state index is -4.52. The van der Waals surface area contributed by atoms with Crippen molar-refractivity contribution in [2.45, 2.75) is 4.90 Å². The van der Waals surface area contributed by atoms with Gasteiger partial charge in [-0.2, -0.15) is 0 Å². The summed E-state index contributed by atoms with van der Waals surface area (Å²) < 4.78 is 31.5. The fourth-order valence-electron chi connectivity index (χ4n) is 0.777. The molecule has 1 rings (SSSR count). The van der Waals surface area contributed by atoms with Crippen molar-refractivity contribution in [2.75, 3.05) is 5.48 Å². The van der Waals surface area contributed by atoms with Crippen molar-refractivity contribution < 1.29 is 18.2 Å². The lowest BCUT2D eigenvalue weighted by Crippen LogP contribution is -2.03. The molecule has 0 atom stereocenters. The lowest BCUT2D eigenvalue weighted by molar-refractivity contribution is 0.385. The Labute approximate surface area is 75.5 Å². The topological polar surface area (TPSA) is 126 Å². The lowest BCUT2D eigenvalue weighted by Gasteiger charge is -2.10. The van der Waals surface area contributed by atoms with Crippen molar-refractivity contribution in [3.63, 3.8) is 0 Å². The highest BCUT2D eigenvalue weighted by molar-refractivity contribution is 7.86. The van der Waals surface area contributed by atoms with Gasteiger partial charge < -0.3 is 10.7 Å². The smallest absolute Gasteiger partial charge is 0.126 e. The van der Waals surface area contributed by atoms with Crippen LogP contribution in [0.2, 0.25) is 0 Å². The highest BCUT2D eigenvalue weighted by Crippen LogP contribution is 2.18. The van der Waals surface area contributed by atoms with Crippen LogP contribution in [-0.4, -0.2) is 18.2 Å². The SMILES string of the molecule is O=S(=O)([O-])c1ccccc1NO.[NH4+]. The number of nitrogens with one attached hydrogen (secondary N) is 1. The maximum atomic E-state index is 10.5. The van der Waals surface area contributed by atoms with Crippen molar-refractivity contribution in [1.29, 1.82) is 0 Å². The standard InChI is InChI=1S/C6H7NO4S.H3N/c8-7-5-3-1-2-4-6(5)12(9,10)11;/h1-4,7-8H,(H,9,10,11);1H3.